The zero-order chi connectivity index (χ0) is 21.2. The van der Waals surface area contributed by atoms with Gasteiger partial charge < -0.3 is 14.2 Å². The molecule has 2 aromatic rings. The number of hydrogen-bond acceptors (Lipinski definition) is 6. The van der Waals surface area contributed by atoms with Crippen molar-refractivity contribution in [1.29, 1.82) is 0 Å². The lowest BCUT2D eigenvalue weighted by Gasteiger charge is -2.08. The third kappa shape index (κ3) is 7.25. The molecule has 0 atom stereocenters. The highest BCUT2D eigenvalue weighted by Crippen LogP contribution is 2.25. The molecule has 0 fully saturated rings. The first-order valence-electron chi connectivity index (χ1n) is 9.48. The molecule has 152 valence electrons. The molecule has 2 rings (SSSR count). The molecule has 0 aliphatic rings. The predicted octanol–water partition coefficient (Wildman–Crippen LogP) is 4.80. The Bertz CT molecular complexity index is 860. The van der Waals surface area contributed by atoms with E-state index in [1.165, 1.54) is 6.07 Å². The highest BCUT2D eigenvalue weighted by Gasteiger charge is 2.08. The van der Waals surface area contributed by atoms with Crippen LogP contribution in [0.1, 0.15) is 51.2 Å². The minimum atomic E-state index is -0.379. The molecule has 0 heterocycles. The predicted molar refractivity (Wildman–Crippen MR) is 110 cm³/mol. The topological polar surface area (TPSA) is 78.9 Å². The van der Waals surface area contributed by atoms with Gasteiger partial charge >= 0.3 is 17.9 Å². The molecule has 0 aliphatic carbocycles. The van der Waals surface area contributed by atoms with Crippen molar-refractivity contribution in [2.45, 2.75) is 40.0 Å². The molecule has 0 unspecified atom stereocenters. The van der Waals surface area contributed by atoms with Crippen molar-refractivity contribution in [1.82, 2.24) is 0 Å². The maximum atomic E-state index is 11.6. The van der Waals surface area contributed by atoms with E-state index in [2.05, 4.69) is 0 Å². The summed E-state index contributed by atoms with van der Waals surface area (Å²) in [6.07, 6.45) is 4.43. The van der Waals surface area contributed by atoms with Crippen molar-refractivity contribution in [2.75, 3.05) is 0 Å². The Balaban J connectivity index is 2.21. The first kappa shape index (κ1) is 21.9. The van der Waals surface area contributed by atoms with E-state index in [-0.39, 0.29) is 30.7 Å². The van der Waals surface area contributed by atoms with E-state index in [4.69, 9.17) is 14.2 Å². The third-order valence-electron chi connectivity index (χ3n) is 3.81. The van der Waals surface area contributed by atoms with E-state index in [1.54, 1.807) is 51.1 Å². The fourth-order valence-corrected chi connectivity index (χ4v) is 2.26. The van der Waals surface area contributed by atoms with Crippen LogP contribution in [-0.2, 0) is 14.4 Å². The Morgan fingerprint density at radius 2 is 1.03 bits per heavy atom. The van der Waals surface area contributed by atoms with Crippen LogP contribution in [0.2, 0.25) is 0 Å². The number of carbonyl (C=O) groups is 3. The van der Waals surface area contributed by atoms with Gasteiger partial charge in [-0.3, -0.25) is 14.4 Å². The van der Waals surface area contributed by atoms with Gasteiger partial charge in [0.25, 0.3) is 0 Å². The molecule has 0 spiro atoms. The number of benzene rings is 2. The minimum absolute atomic E-state index is 0.235. The van der Waals surface area contributed by atoms with E-state index in [0.717, 1.165) is 5.56 Å². The van der Waals surface area contributed by atoms with Crippen molar-refractivity contribution >= 4 is 30.1 Å². The van der Waals surface area contributed by atoms with E-state index in [9.17, 15) is 14.4 Å². The number of hydrogen-bond donors (Lipinski definition) is 0. The smallest absolute Gasteiger partial charge is 0.310 e. The van der Waals surface area contributed by atoms with Crippen LogP contribution in [-0.4, -0.2) is 17.9 Å². The molecule has 6 nitrogen and oxygen atoms in total. The molecular weight excluding hydrogens is 372 g/mol. The summed E-state index contributed by atoms with van der Waals surface area (Å²) in [4.78, 5) is 34.5. The number of ether oxygens (including phenoxy) is 3. The van der Waals surface area contributed by atoms with Gasteiger partial charge in [0.15, 0.2) is 0 Å². The first-order chi connectivity index (χ1) is 13.9. The average Bonchev–Trinajstić information content (AvgIpc) is 2.72. The molecule has 0 saturated heterocycles. The Hall–Kier alpha value is -3.41. The second-order valence-corrected chi connectivity index (χ2v) is 6.12. The summed E-state index contributed by atoms with van der Waals surface area (Å²) in [7, 11) is 0. The second kappa shape index (κ2) is 10.8. The molecule has 0 aliphatic heterocycles. The number of rotatable bonds is 8. The monoisotopic (exact) mass is 396 g/mol. The summed E-state index contributed by atoms with van der Waals surface area (Å²) in [6, 6.07) is 11.9. The van der Waals surface area contributed by atoms with Gasteiger partial charge in [-0.1, -0.05) is 45.1 Å². The normalized spacial score (nSPS) is 10.6. The Labute approximate surface area is 170 Å². The molecule has 29 heavy (non-hydrogen) atoms. The zero-order valence-corrected chi connectivity index (χ0v) is 16.8. The Morgan fingerprint density at radius 3 is 1.48 bits per heavy atom. The summed E-state index contributed by atoms with van der Waals surface area (Å²) in [5, 5.41) is 0. The standard InChI is InChI=1S/C23H24O6/c1-4-21(24)27-18-11-9-16(10-12-18)7-8-17-13-19(28-22(25)5-2)15-20(14-17)29-23(26)6-3/h7-15H,4-6H2,1-3H3/b8-7+. The van der Waals surface area contributed by atoms with E-state index in [1.807, 2.05) is 18.2 Å². The lowest BCUT2D eigenvalue weighted by atomic mass is 10.1. The summed E-state index contributed by atoms with van der Waals surface area (Å²) in [5.74, 6) is 0.0452. The van der Waals surface area contributed by atoms with Crippen molar-refractivity contribution in [3.63, 3.8) is 0 Å². The largest absolute Gasteiger partial charge is 0.427 e. The van der Waals surface area contributed by atoms with Crippen molar-refractivity contribution in [3.8, 4) is 17.2 Å². The van der Waals surface area contributed by atoms with Gasteiger partial charge in [-0.25, -0.2) is 0 Å². The van der Waals surface area contributed by atoms with E-state index < -0.39 is 0 Å². The lowest BCUT2D eigenvalue weighted by Crippen LogP contribution is -2.08. The van der Waals surface area contributed by atoms with Crippen molar-refractivity contribution in [3.05, 3.63) is 53.6 Å². The minimum Gasteiger partial charge on any atom is -0.427 e. The maximum absolute atomic E-state index is 11.6. The van der Waals surface area contributed by atoms with Gasteiger partial charge in [0.2, 0.25) is 0 Å². The summed E-state index contributed by atoms with van der Waals surface area (Å²) in [6.45, 7) is 5.13. The summed E-state index contributed by atoms with van der Waals surface area (Å²) in [5.41, 5.74) is 1.58. The molecule has 0 saturated carbocycles. The van der Waals surface area contributed by atoms with Crippen LogP contribution in [0.15, 0.2) is 42.5 Å². The van der Waals surface area contributed by atoms with E-state index >= 15 is 0 Å². The molecule has 2 aromatic carbocycles. The fourth-order valence-electron chi connectivity index (χ4n) is 2.26. The molecule has 0 bridgehead atoms. The Morgan fingerprint density at radius 1 is 0.621 bits per heavy atom. The highest BCUT2D eigenvalue weighted by molar-refractivity contribution is 5.76. The molecule has 0 aromatic heterocycles. The maximum Gasteiger partial charge on any atom is 0.310 e. The van der Waals surface area contributed by atoms with Gasteiger partial charge in [-0.05, 0) is 35.4 Å². The molecule has 0 amide bonds. The summed E-state index contributed by atoms with van der Waals surface area (Å²) >= 11 is 0. The number of esters is 3. The third-order valence-corrected chi connectivity index (χ3v) is 3.81. The van der Waals surface area contributed by atoms with Crippen LogP contribution < -0.4 is 14.2 Å². The van der Waals surface area contributed by atoms with Crippen molar-refractivity contribution < 1.29 is 28.6 Å². The van der Waals surface area contributed by atoms with Crippen LogP contribution in [0.3, 0.4) is 0 Å². The van der Waals surface area contributed by atoms with Gasteiger partial charge in [0.1, 0.15) is 17.2 Å². The molecular formula is C23H24O6. The fraction of sp³-hybridized carbons (Fsp3) is 0.261. The molecule has 0 radical (unpaired) electrons. The summed E-state index contributed by atoms with van der Waals surface area (Å²) < 4.78 is 15.7. The number of carbonyl (C=O) groups excluding carboxylic acids is 3. The average molecular weight is 396 g/mol. The Kier molecular flexibility index (Phi) is 8.15. The zero-order valence-electron chi connectivity index (χ0n) is 16.8. The van der Waals surface area contributed by atoms with Crippen LogP contribution in [0.4, 0.5) is 0 Å². The van der Waals surface area contributed by atoms with Crippen LogP contribution in [0, 0.1) is 0 Å². The van der Waals surface area contributed by atoms with Gasteiger partial charge in [0.05, 0.1) is 0 Å². The molecule has 0 N–H and O–H groups in total. The van der Waals surface area contributed by atoms with Crippen LogP contribution >= 0.6 is 0 Å². The SMILES string of the molecule is CCC(=O)Oc1ccc(/C=C/c2cc(OC(=O)CC)cc(OC(=O)CC)c2)cc1. The molecule has 6 heteroatoms. The van der Waals surface area contributed by atoms with Crippen molar-refractivity contribution in [2.24, 2.45) is 0 Å². The second-order valence-electron chi connectivity index (χ2n) is 6.12. The highest BCUT2D eigenvalue weighted by atomic mass is 16.5. The van der Waals surface area contributed by atoms with Crippen LogP contribution in [0.5, 0.6) is 17.2 Å². The lowest BCUT2D eigenvalue weighted by molar-refractivity contribution is -0.135. The first-order valence-corrected chi connectivity index (χ1v) is 9.48. The van der Waals surface area contributed by atoms with Crippen LogP contribution in [0.25, 0.3) is 12.2 Å². The van der Waals surface area contributed by atoms with Gasteiger partial charge in [-0.2, -0.15) is 0 Å². The van der Waals surface area contributed by atoms with Gasteiger partial charge in [-0.15, -0.1) is 0 Å². The van der Waals surface area contributed by atoms with Gasteiger partial charge in [0, 0.05) is 25.3 Å². The van der Waals surface area contributed by atoms with E-state index in [0.29, 0.717) is 29.2 Å². The quantitative estimate of drug-likeness (QED) is 0.362.